The third kappa shape index (κ3) is 3.87. The lowest BCUT2D eigenvalue weighted by atomic mass is 9.90. The van der Waals surface area contributed by atoms with Gasteiger partial charge in [0.15, 0.2) is 0 Å². The second-order valence-electron chi connectivity index (χ2n) is 8.34. The number of methoxy groups -OCH3 is 1. The van der Waals surface area contributed by atoms with Gasteiger partial charge in [-0.2, -0.15) is 5.10 Å². The van der Waals surface area contributed by atoms with Gasteiger partial charge in [0, 0.05) is 23.8 Å². The van der Waals surface area contributed by atoms with Crippen molar-refractivity contribution in [1.29, 1.82) is 0 Å². The van der Waals surface area contributed by atoms with E-state index in [1.807, 2.05) is 4.68 Å². The first kappa shape index (κ1) is 20.6. The number of likely N-dealkylation sites (tertiary alicyclic amines) is 1. The van der Waals surface area contributed by atoms with Crippen LogP contribution in [0.3, 0.4) is 0 Å². The minimum Gasteiger partial charge on any atom is -0.496 e. The van der Waals surface area contributed by atoms with Crippen molar-refractivity contribution in [3.63, 3.8) is 0 Å². The Balaban J connectivity index is 1.69. The van der Waals surface area contributed by atoms with Crippen LogP contribution in [0.2, 0.25) is 0 Å². The zero-order chi connectivity index (χ0) is 21.3. The minimum absolute atomic E-state index is 0.133. The van der Waals surface area contributed by atoms with Crippen LogP contribution in [0.5, 0.6) is 5.75 Å². The number of hydrogen-bond donors (Lipinski definition) is 1. The van der Waals surface area contributed by atoms with E-state index < -0.39 is 0 Å². The maximum absolute atomic E-state index is 6.60. The molecule has 2 atom stereocenters. The molecule has 2 aromatic carbocycles. The Morgan fingerprint density at radius 1 is 1.10 bits per heavy atom. The molecular formula is C25H32N4O. The summed E-state index contributed by atoms with van der Waals surface area (Å²) in [4.78, 5) is 2.50. The lowest BCUT2D eigenvalue weighted by Crippen LogP contribution is -2.45. The van der Waals surface area contributed by atoms with Crippen molar-refractivity contribution >= 4 is 0 Å². The molecule has 4 rings (SSSR count). The second-order valence-corrected chi connectivity index (χ2v) is 8.34. The van der Waals surface area contributed by atoms with Gasteiger partial charge in [-0.25, -0.2) is 4.68 Å². The Labute approximate surface area is 179 Å². The normalized spacial score (nSPS) is 19.8. The molecule has 0 bridgehead atoms. The van der Waals surface area contributed by atoms with E-state index in [0.29, 0.717) is 0 Å². The van der Waals surface area contributed by atoms with Crippen molar-refractivity contribution in [3.8, 4) is 11.4 Å². The number of ether oxygens (including phenoxy) is 1. The minimum atomic E-state index is 0.133. The maximum atomic E-state index is 6.60. The molecule has 2 heterocycles. The summed E-state index contributed by atoms with van der Waals surface area (Å²) in [6.07, 6.45) is 2.17. The number of rotatable bonds is 5. The Kier molecular flexibility index (Phi) is 5.93. The third-order valence-corrected chi connectivity index (χ3v) is 6.46. The summed E-state index contributed by atoms with van der Waals surface area (Å²) in [6.45, 7) is 8.12. The molecule has 30 heavy (non-hydrogen) atoms. The van der Waals surface area contributed by atoms with Crippen LogP contribution in [0.1, 0.15) is 47.0 Å². The Hall–Kier alpha value is -2.63. The first-order chi connectivity index (χ1) is 14.5. The molecule has 1 aromatic heterocycles. The molecule has 0 spiro atoms. The average molecular weight is 405 g/mol. The molecule has 5 heteroatoms. The van der Waals surface area contributed by atoms with Crippen LogP contribution in [0.15, 0.2) is 48.5 Å². The molecule has 1 fully saturated rings. The highest BCUT2D eigenvalue weighted by Gasteiger charge is 2.30. The molecule has 0 unspecified atom stereocenters. The third-order valence-electron chi connectivity index (χ3n) is 6.46. The van der Waals surface area contributed by atoms with E-state index in [1.165, 1.54) is 16.8 Å². The molecule has 1 aliphatic rings. The summed E-state index contributed by atoms with van der Waals surface area (Å²) in [6, 6.07) is 17.3. The van der Waals surface area contributed by atoms with Gasteiger partial charge in [-0.3, -0.25) is 4.90 Å². The van der Waals surface area contributed by atoms with Crippen LogP contribution in [0.4, 0.5) is 0 Å². The first-order valence-electron chi connectivity index (χ1n) is 10.7. The van der Waals surface area contributed by atoms with Crippen molar-refractivity contribution in [2.24, 2.45) is 5.73 Å². The maximum Gasteiger partial charge on any atom is 0.123 e. The van der Waals surface area contributed by atoms with Crippen LogP contribution in [0.25, 0.3) is 5.69 Å². The second kappa shape index (κ2) is 8.62. The number of aromatic nitrogens is 2. The van der Waals surface area contributed by atoms with Gasteiger partial charge in [0.2, 0.25) is 0 Å². The first-order valence-corrected chi connectivity index (χ1v) is 10.7. The molecule has 0 radical (unpaired) electrons. The predicted molar refractivity (Wildman–Crippen MR) is 121 cm³/mol. The van der Waals surface area contributed by atoms with Crippen LogP contribution < -0.4 is 10.5 Å². The molecule has 5 nitrogen and oxygen atoms in total. The summed E-state index contributed by atoms with van der Waals surface area (Å²) in [5, 5.41) is 4.74. The number of benzene rings is 2. The highest BCUT2D eigenvalue weighted by Crippen LogP contribution is 2.34. The summed E-state index contributed by atoms with van der Waals surface area (Å²) in [5.41, 5.74) is 13.6. The van der Waals surface area contributed by atoms with Gasteiger partial charge >= 0.3 is 0 Å². The van der Waals surface area contributed by atoms with E-state index in [1.54, 1.807) is 7.11 Å². The molecule has 1 aliphatic heterocycles. The Bertz CT molecular complexity index is 1010. The van der Waals surface area contributed by atoms with Crippen molar-refractivity contribution in [2.75, 3.05) is 13.7 Å². The van der Waals surface area contributed by atoms with Crippen molar-refractivity contribution in [1.82, 2.24) is 14.7 Å². The number of piperidine rings is 1. The highest BCUT2D eigenvalue weighted by atomic mass is 16.5. The highest BCUT2D eigenvalue weighted by molar-refractivity contribution is 5.46. The average Bonchev–Trinajstić information content (AvgIpc) is 3.02. The summed E-state index contributed by atoms with van der Waals surface area (Å²) in [7, 11) is 1.74. The van der Waals surface area contributed by atoms with E-state index in [0.717, 1.165) is 48.6 Å². The van der Waals surface area contributed by atoms with Crippen molar-refractivity contribution in [2.45, 2.75) is 52.2 Å². The standard InChI is InChI=1S/C25H32N4O/c1-17-18(2)27-29(19(17)3)22-12-13-24(30-4)21(15-22)16-28-14-8-11-23(26)25(28)20-9-6-5-7-10-20/h5-7,9-10,12-13,15,23,25H,8,11,14,16,26H2,1-4H3/t23-,25-/m0/s1. The lowest BCUT2D eigenvalue weighted by molar-refractivity contribution is 0.119. The number of aryl methyl sites for hydroxylation is 1. The molecule has 0 amide bonds. The van der Waals surface area contributed by atoms with E-state index in [2.05, 4.69) is 74.2 Å². The largest absolute Gasteiger partial charge is 0.496 e. The number of nitrogens with zero attached hydrogens (tertiary/aromatic N) is 3. The van der Waals surface area contributed by atoms with E-state index in [9.17, 15) is 0 Å². The lowest BCUT2D eigenvalue weighted by Gasteiger charge is -2.40. The Morgan fingerprint density at radius 3 is 2.53 bits per heavy atom. The topological polar surface area (TPSA) is 56.3 Å². The van der Waals surface area contributed by atoms with Crippen LogP contribution in [0, 0.1) is 20.8 Å². The summed E-state index contributed by atoms with van der Waals surface area (Å²) >= 11 is 0. The summed E-state index contributed by atoms with van der Waals surface area (Å²) < 4.78 is 7.75. The van der Waals surface area contributed by atoms with E-state index in [-0.39, 0.29) is 12.1 Å². The predicted octanol–water partition coefficient (Wildman–Crippen LogP) is 4.47. The zero-order valence-electron chi connectivity index (χ0n) is 18.4. The fourth-order valence-corrected chi connectivity index (χ4v) is 4.59. The molecule has 2 N–H and O–H groups in total. The Morgan fingerprint density at radius 2 is 1.87 bits per heavy atom. The zero-order valence-corrected chi connectivity index (χ0v) is 18.4. The fourth-order valence-electron chi connectivity index (χ4n) is 4.59. The molecular weight excluding hydrogens is 372 g/mol. The molecule has 158 valence electrons. The van der Waals surface area contributed by atoms with E-state index >= 15 is 0 Å². The summed E-state index contributed by atoms with van der Waals surface area (Å²) in [5.74, 6) is 0.906. The molecule has 3 aromatic rings. The van der Waals surface area contributed by atoms with Crippen LogP contribution in [-0.4, -0.2) is 34.4 Å². The van der Waals surface area contributed by atoms with Crippen molar-refractivity contribution in [3.05, 3.63) is 76.6 Å². The SMILES string of the molecule is COc1ccc(-n2nc(C)c(C)c2C)cc1CN1CCC[C@H](N)[C@@H]1c1ccccc1. The van der Waals surface area contributed by atoms with Gasteiger partial charge in [-0.1, -0.05) is 30.3 Å². The quantitative estimate of drug-likeness (QED) is 0.682. The van der Waals surface area contributed by atoms with Crippen molar-refractivity contribution < 1.29 is 4.74 Å². The number of hydrogen-bond acceptors (Lipinski definition) is 4. The van der Waals surface area contributed by atoms with Gasteiger partial charge in [0.05, 0.1) is 24.5 Å². The fraction of sp³-hybridized carbons (Fsp3) is 0.400. The molecule has 0 aliphatic carbocycles. The molecule has 0 saturated carbocycles. The van der Waals surface area contributed by atoms with Crippen LogP contribution in [-0.2, 0) is 6.54 Å². The monoisotopic (exact) mass is 404 g/mol. The van der Waals surface area contributed by atoms with Gasteiger partial charge in [0.1, 0.15) is 5.75 Å². The number of nitrogens with two attached hydrogens (primary N) is 1. The van der Waals surface area contributed by atoms with Gasteiger partial charge in [0.25, 0.3) is 0 Å². The van der Waals surface area contributed by atoms with Gasteiger partial charge in [-0.15, -0.1) is 0 Å². The smallest absolute Gasteiger partial charge is 0.123 e. The van der Waals surface area contributed by atoms with E-state index in [4.69, 9.17) is 15.6 Å². The van der Waals surface area contributed by atoms with Crippen LogP contribution >= 0.6 is 0 Å². The van der Waals surface area contributed by atoms with Gasteiger partial charge < -0.3 is 10.5 Å². The molecule has 1 saturated heterocycles. The van der Waals surface area contributed by atoms with Gasteiger partial charge in [-0.05, 0) is 69.5 Å².